The minimum atomic E-state index is -1.04. The van der Waals surface area contributed by atoms with Gasteiger partial charge in [0.15, 0.2) is 0 Å². The molecule has 1 aromatic heterocycles. The fourth-order valence-electron chi connectivity index (χ4n) is 0.632. The summed E-state index contributed by atoms with van der Waals surface area (Å²) in [4.78, 5) is 23.4. The summed E-state index contributed by atoms with van der Waals surface area (Å²) in [6.45, 7) is 1.19. The SMILES string of the molecule is Cc1nnc(NCC(=O)O)[nH]c1=O. The Bertz CT molecular complexity index is 372. The van der Waals surface area contributed by atoms with Crippen molar-refractivity contribution in [2.24, 2.45) is 0 Å². The number of H-pyrrole nitrogens is 1. The van der Waals surface area contributed by atoms with E-state index in [4.69, 9.17) is 5.11 Å². The molecule has 1 aromatic rings. The van der Waals surface area contributed by atoms with Crippen molar-refractivity contribution >= 4 is 11.9 Å². The molecule has 0 fully saturated rings. The Kier molecular flexibility index (Phi) is 2.58. The summed E-state index contributed by atoms with van der Waals surface area (Å²) in [5.74, 6) is -0.985. The monoisotopic (exact) mass is 184 g/mol. The Labute approximate surface area is 72.8 Å². The lowest BCUT2D eigenvalue weighted by atomic mass is 10.5. The number of rotatable bonds is 3. The summed E-state index contributed by atoms with van der Waals surface area (Å²) in [5, 5.41) is 17.7. The van der Waals surface area contributed by atoms with E-state index in [-0.39, 0.29) is 23.7 Å². The van der Waals surface area contributed by atoms with Crippen LogP contribution in [-0.4, -0.2) is 32.8 Å². The molecule has 0 radical (unpaired) electrons. The minimum Gasteiger partial charge on any atom is -0.480 e. The van der Waals surface area contributed by atoms with Gasteiger partial charge in [0.1, 0.15) is 12.2 Å². The second-order valence-electron chi connectivity index (χ2n) is 2.34. The van der Waals surface area contributed by atoms with Crippen LogP contribution in [0.2, 0.25) is 0 Å². The predicted molar refractivity (Wildman–Crippen MR) is 43.5 cm³/mol. The molecule has 0 bridgehead atoms. The molecule has 0 unspecified atom stereocenters. The summed E-state index contributed by atoms with van der Waals surface area (Å²) in [5.41, 5.74) is -0.149. The fraction of sp³-hybridized carbons (Fsp3) is 0.333. The first kappa shape index (κ1) is 9.17. The van der Waals surface area contributed by atoms with E-state index in [0.29, 0.717) is 0 Å². The van der Waals surface area contributed by atoms with Crippen LogP contribution in [0.5, 0.6) is 0 Å². The van der Waals surface area contributed by atoms with Crippen LogP contribution in [0.3, 0.4) is 0 Å². The van der Waals surface area contributed by atoms with Crippen LogP contribution < -0.4 is 10.9 Å². The smallest absolute Gasteiger partial charge is 0.322 e. The largest absolute Gasteiger partial charge is 0.480 e. The molecule has 0 atom stereocenters. The summed E-state index contributed by atoms with van der Waals surface area (Å²) in [7, 11) is 0. The Morgan fingerprint density at radius 1 is 1.62 bits per heavy atom. The molecule has 0 aromatic carbocycles. The maximum atomic E-state index is 10.9. The molecule has 70 valence electrons. The first-order chi connectivity index (χ1) is 6.09. The van der Waals surface area contributed by atoms with Crippen molar-refractivity contribution in [3.05, 3.63) is 16.0 Å². The van der Waals surface area contributed by atoms with Gasteiger partial charge in [-0.05, 0) is 6.92 Å². The number of carbonyl (C=O) groups is 1. The van der Waals surface area contributed by atoms with Crippen LogP contribution in [0.25, 0.3) is 0 Å². The van der Waals surface area contributed by atoms with Crippen LogP contribution in [0, 0.1) is 6.92 Å². The number of aromatic nitrogens is 3. The Morgan fingerprint density at radius 2 is 2.31 bits per heavy atom. The number of nitrogens with zero attached hydrogens (tertiary/aromatic N) is 2. The number of nitrogens with one attached hydrogen (secondary N) is 2. The van der Waals surface area contributed by atoms with E-state index in [1.165, 1.54) is 6.92 Å². The summed E-state index contributed by atoms with van der Waals surface area (Å²) < 4.78 is 0. The summed E-state index contributed by atoms with van der Waals surface area (Å²) in [6, 6.07) is 0. The lowest BCUT2D eigenvalue weighted by Gasteiger charge is -1.99. The number of carboxylic acids is 1. The van der Waals surface area contributed by atoms with E-state index >= 15 is 0 Å². The molecule has 7 nitrogen and oxygen atoms in total. The molecule has 0 saturated heterocycles. The van der Waals surface area contributed by atoms with Gasteiger partial charge in [-0.3, -0.25) is 14.6 Å². The molecule has 1 rings (SSSR count). The van der Waals surface area contributed by atoms with Gasteiger partial charge in [0.2, 0.25) is 5.95 Å². The number of hydrogen-bond donors (Lipinski definition) is 3. The molecule has 0 aliphatic heterocycles. The van der Waals surface area contributed by atoms with Crippen LogP contribution >= 0.6 is 0 Å². The van der Waals surface area contributed by atoms with E-state index in [9.17, 15) is 9.59 Å². The van der Waals surface area contributed by atoms with Gasteiger partial charge in [0, 0.05) is 0 Å². The molecule has 13 heavy (non-hydrogen) atoms. The van der Waals surface area contributed by atoms with Gasteiger partial charge in [-0.15, -0.1) is 10.2 Å². The molecule has 0 spiro atoms. The maximum Gasteiger partial charge on any atom is 0.322 e. The van der Waals surface area contributed by atoms with Crippen molar-refractivity contribution in [3.63, 3.8) is 0 Å². The molecule has 0 aliphatic carbocycles. The highest BCUT2D eigenvalue weighted by Crippen LogP contribution is 1.88. The van der Waals surface area contributed by atoms with Gasteiger partial charge in [-0.2, -0.15) is 0 Å². The quantitative estimate of drug-likeness (QED) is 0.554. The van der Waals surface area contributed by atoms with Gasteiger partial charge < -0.3 is 10.4 Å². The number of hydrogen-bond acceptors (Lipinski definition) is 5. The highest BCUT2D eigenvalue weighted by Gasteiger charge is 2.00. The van der Waals surface area contributed by atoms with Crippen molar-refractivity contribution in [3.8, 4) is 0 Å². The summed E-state index contributed by atoms with van der Waals surface area (Å²) >= 11 is 0. The van der Waals surface area contributed by atoms with Crippen molar-refractivity contribution in [1.82, 2.24) is 15.2 Å². The summed E-state index contributed by atoms with van der Waals surface area (Å²) in [6.07, 6.45) is 0. The van der Waals surface area contributed by atoms with E-state index in [1.54, 1.807) is 0 Å². The van der Waals surface area contributed by atoms with Crippen LogP contribution in [-0.2, 0) is 4.79 Å². The number of carboxylic acid groups (broad SMARTS) is 1. The molecule has 0 aliphatic rings. The normalized spacial score (nSPS) is 9.62. The van der Waals surface area contributed by atoms with Gasteiger partial charge in [-0.25, -0.2) is 0 Å². The third kappa shape index (κ3) is 2.55. The lowest BCUT2D eigenvalue weighted by Crippen LogP contribution is -2.20. The zero-order chi connectivity index (χ0) is 9.84. The zero-order valence-corrected chi connectivity index (χ0v) is 6.87. The van der Waals surface area contributed by atoms with Crippen molar-refractivity contribution in [1.29, 1.82) is 0 Å². The average molecular weight is 184 g/mol. The Hall–Kier alpha value is -1.92. The zero-order valence-electron chi connectivity index (χ0n) is 6.87. The predicted octanol–water partition coefficient (Wildman–Crippen LogP) is -1.03. The maximum absolute atomic E-state index is 10.9. The van der Waals surface area contributed by atoms with E-state index < -0.39 is 5.97 Å². The number of aryl methyl sites for hydroxylation is 1. The second kappa shape index (κ2) is 3.65. The Balaban J connectivity index is 2.74. The number of anilines is 1. The number of aromatic amines is 1. The fourth-order valence-corrected chi connectivity index (χ4v) is 0.632. The molecule has 7 heteroatoms. The van der Waals surface area contributed by atoms with E-state index in [2.05, 4.69) is 20.5 Å². The first-order valence-corrected chi connectivity index (χ1v) is 3.49. The Morgan fingerprint density at radius 3 is 2.85 bits per heavy atom. The van der Waals surface area contributed by atoms with Gasteiger partial charge >= 0.3 is 5.97 Å². The van der Waals surface area contributed by atoms with Gasteiger partial charge in [0.25, 0.3) is 5.56 Å². The third-order valence-corrected chi connectivity index (χ3v) is 1.27. The molecular formula is C6H8N4O3. The average Bonchev–Trinajstić information content (AvgIpc) is 2.07. The van der Waals surface area contributed by atoms with Crippen molar-refractivity contribution in [2.45, 2.75) is 6.92 Å². The van der Waals surface area contributed by atoms with Gasteiger partial charge in [-0.1, -0.05) is 0 Å². The highest BCUT2D eigenvalue weighted by molar-refractivity contribution is 5.71. The molecule has 0 saturated carbocycles. The van der Waals surface area contributed by atoms with Crippen LogP contribution in [0.15, 0.2) is 4.79 Å². The molecule has 0 amide bonds. The lowest BCUT2D eigenvalue weighted by molar-refractivity contribution is -0.134. The molecular weight excluding hydrogens is 176 g/mol. The van der Waals surface area contributed by atoms with Crippen molar-refractivity contribution < 1.29 is 9.90 Å². The number of aliphatic carboxylic acids is 1. The van der Waals surface area contributed by atoms with E-state index in [1.807, 2.05) is 0 Å². The molecule has 3 N–H and O–H groups in total. The highest BCUT2D eigenvalue weighted by atomic mass is 16.4. The first-order valence-electron chi connectivity index (χ1n) is 3.49. The van der Waals surface area contributed by atoms with Crippen LogP contribution in [0.1, 0.15) is 5.69 Å². The van der Waals surface area contributed by atoms with Crippen molar-refractivity contribution in [2.75, 3.05) is 11.9 Å². The second-order valence-corrected chi connectivity index (χ2v) is 2.34. The molecule has 1 heterocycles. The van der Waals surface area contributed by atoms with E-state index in [0.717, 1.165) is 0 Å². The standard InChI is InChI=1S/C6H8N4O3/c1-3-5(13)8-6(10-9-3)7-2-4(11)12/h2H2,1H3,(H,11,12)(H2,7,8,10,13). The van der Waals surface area contributed by atoms with Crippen LogP contribution in [0.4, 0.5) is 5.95 Å². The third-order valence-electron chi connectivity index (χ3n) is 1.27. The topological polar surface area (TPSA) is 108 Å². The minimum absolute atomic E-state index is 0.0537. The van der Waals surface area contributed by atoms with Gasteiger partial charge in [0.05, 0.1) is 0 Å².